The zero-order chi connectivity index (χ0) is 56.2. The predicted molar refractivity (Wildman–Crippen MR) is 274 cm³/mol. The number of ether oxygens (including phenoxy) is 1. The van der Waals surface area contributed by atoms with Gasteiger partial charge < -0.3 is 55.6 Å². The molecule has 24 nitrogen and oxygen atoms in total. The molecule has 24 heteroatoms. The number of likely N-dealkylation sites (tertiary alicyclic amines) is 1. The third kappa shape index (κ3) is 15.3. The number of aliphatic hydroxyl groups is 1. The van der Waals surface area contributed by atoms with E-state index in [1.165, 1.54) is 68.7 Å². The molecule has 3 fully saturated rings. The average Bonchev–Trinajstić information content (AvgIpc) is 3.87. The molecule has 74 heavy (non-hydrogen) atoms. The lowest BCUT2D eigenvalue weighted by molar-refractivity contribution is -0.153. The second-order valence-corrected chi connectivity index (χ2v) is 21.3. The highest BCUT2D eigenvalue weighted by Gasteiger charge is 2.57. The maximum absolute atomic E-state index is 14.8. The van der Waals surface area contributed by atoms with E-state index in [2.05, 4.69) is 31.5 Å². The van der Waals surface area contributed by atoms with Crippen molar-refractivity contribution in [3.63, 3.8) is 0 Å². The molecule has 12 amide bonds. The van der Waals surface area contributed by atoms with Gasteiger partial charge in [-0.25, -0.2) is 9.59 Å². The summed E-state index contributed by atoms with van der Waals surface area (Å²) in [5.41, 5.74) is 0. The number of hydrogen-bond donors (Lipinski definition) is 6. The van der Waals surface area contributed by atoms with E-state index in [0.29, 0.717) is 43.8 Å². The Balaban J connectivity index is 1.81. The molecule has 3 unspecified atom stereocenters. The van der Waals surface area contributed by atoms with Crippen molar-refractivity contribution in [2.24, 2.45) is 17.8 Å². The van der Waals surface area contributed by atoms with Gasteiger partial charge in [-0.05, 0) is 70.6 Å². The van der Waals surface area contributed by atoms with Gasteiger partial charge in [-0.1, -0.05) is 48.5 Å². The van der Waals surface area contributed by atoms with Gasteiger partial charge in [0.05, 0.1) is 24.7 Å². The SMILES string of the molecule is CC[C@@H](C(=O)N(C)[C@H](C)C(=O)N(C)[C@@H](CC(C)C)C(=O)N[C@H](C(=O)N(C)C(=O)NC(C)C(=O)NC(=O)N(C)[C@@H](CC(C)C)C(=O)NC)C(C)C)N1C(=O)[C@@H]2[C@H](OC(C)CC(=O)N2C)[C@H]1CC1NCCN1CCCO. The standard InChI is InChI=1S/C50H88N12O12/c1-17-33(62-34(26-37-52-19-21-61(37)20-18-22-63)41-40(48(62)71)59(15)38(64)25-30(8)74-41)46(69)56(12)32(10)45(68)57(13)36(24-28(4)5)44(67)54-39(29(6)7)47(70)60(16)49(72)53-31(9)42(65)55-50(73)58(14)35(23-27(2)3)43(66)51-11/h27-37,39-41,52,63H,17-26H2,1-16H3,(H,51,66)(H,53,72)(H,54,67)(H,55,65,73)/t30?,31?,32-,33+,34-,35+,36+,37?,39+,40+,41-/m1/s1. The second-order valence-electron chi connectivity index (χ2n) is 21.3. The van der Waals surface area contributed by atoms with Crippen molar-refractivity contribution in [2.75, 3.05) is 68.5 Å². The van der Waals surface area contributed by atoms with E-state index in [-0.39, 0.29) is 49.8 Å². The van der Waals surface area contributed by atoms with Crippen molar-refractivity contribution in [2.45, 2.75) is 174 Å². The summed E-state index contributed by atoms with van der Waals surface area (Å²) in [6, 6.07) is -10.4. The second kappa shape index (κ2) is 27.9. The largest absolute Gasteiger partial charge is 0.396 e. The molecule has 0 spiro atoms. The normalized spacial score (nSPS) is 22.5. The minimum Gasteiger partial charge on any atom is -0.396 e. The molecule has 420 valence electrons. The molecular weight excluding hydrogens is 961 g/mol. The van der Waals surface area contributed by atoms with Gasteiger partial charge in [0.25, 0.3) is 5.91 Å². The molecule has 11 atom stereocenters. The van der Waals surface area contributed by atoms with Gasteiger partial charge >= 0.3 is 12.1 Å². The zero-order valence-electron chi connectivity index (χ0n) is 46.7. The van der Waals surface area contributed by atoms with Crippen LogP contribution in [0.4, 0.5) is 9.59 Å². The van der Waals surface area contributed by atoms with Crippen molar-refractivity contribution in [3.8, 4) is 0 Å². The fourth-order valence-corrected chi connectivity index (χ4v) is 9.87. The van der Waals surface area contributed by atoms with Crippen LogP contribution < -0.4 is 26.6 Å². The quantitative estimate of drug-likeness (QED) is 0.0769. The molecule has 3 heterocycles. The van der Waals surface area contributed by atoms with E-state index in [4.69, 9.17) is 4.74 Å². The highest BCUT2D eigenvalue weighted by Crippen LogP contribution is 2.36. The Morgan fingerprint density at radius 2 is 1.39 bits per heavy atom. The molecule has 3 aliphatic rings. The number of nitrogens with one attached hydrogen (secondary N) is 5. The molecule has 0 aromatic carbocycles. The van der Waals surface area contributed by atoms with Gasteiger partial charge in [-0.2, -0.15) is 0 Å². The van der Waals surface area contributed by atoms with Crippen molar-refractivity contribution in [1.29, 1.82) is 0 Å². The number of urea groups is 2. The summed E-state index contributed by atoms with van der Waals surface area (Å²) in [6.45, 7) is 19.2. The monoisotopic (exact) mass is 1050 g/mol. The first-order chi connectivity index (χ1) is 34.6. The third-order valence-corrected chi connectivity index (χ3v) is 14.5. The topological polar surface area (TPSA) is 283 Å². The molecule has 0 bridgehead atoms. The molecule has 0 saturated carbocycles. The van der Waals surface area contributed by atoms with Crippen LogP contribution in [0.1, 0.15) is 108 Å². The summed E-state index contributed by atoms with van der Waals surface area (Å²) in [7, 11) is 8.44. The number of aliphatic hydroxyl groups excluding tert-OH is 1. The summed E-state index contributed by atoms with van der Waals surface area (Å²) in [4.78, 5) is 147. The van der Waals surface area contributed by atoms with Crippen LogP contribution in [0.5, 0.6) is 0 Å². The predicted octanol–water partition coefficient (Wildman–Crippen LogP) is -0.270. The van der Waals surface area contributed by atoms with Gasteiger partial charge in [-0.3, -0.25) is 53.5 Å². The Morgan fingerprint density at radius 3 is 1.93 bits per heavy atom. The molecule has 3 rings (SSSR count). The number of likely N-dealkylation sites (N-methyl/N-ethyl adjacent to an activating group) is 6. The minimum atomic E-state index is -1.32. The zero-order valence-corrected chi connectivity index (χ0v) is 46.7. The van der Waals surface area contributed by atoms with Gasteiger partial charge in [0.1, 0.15) is 48.4 Å². The van der Waals surface area contributed by atoms with E-state index in [1.54, 1.807) is 34.7 Å². The van der Waals surface area contributed by atoms with Crippen LogP contribution in [0.2, 0.25) is 0 Å². The van der Waals surface area contributed by atoms with Crippen LogP contribution in [0, 0.1) is 17.8 Å². The summed E-state index contributed by atoms with van der Waals surface area (Å²) in [6.07, 6.45) is 0.168. The van der Waals surface area contributed by atoms with Crippen molar-refractivity contribution in [3.05, 3.63) is 0 Å². The smallest absolute Gasteiger partial charge is 0.324 e. The molecule has 0 aromatic rings. The number of fused-ring (bicyclic) bond motifs is 1. The van der Waals surface area contributed by atoms with Crippen LogP contribution in [-0.2, 0) is 43.1 Å². The van der Waals surface area contributed by atoms with Crippen molar-refractivity contribution < 1.29 is 57.8 Å². The first-order valence-electron chi connectivity index (χ1n) is 26.1. The first-order valence-corrected chi connectivity index (χ1v) is 26.1. The summed E-state index contributed by atoms with van der Waals surface area (Å²) < 4.78 is 6.48. The number of rotatable bonds is 23. The van der Waals surface area contributed by atoms with Crippen LogP contribution in [0.15, 0.2) is 0 Å². The lowest BCUT2D eigenvalue weighted by Crippen LogP contribution is -2.61. The number of carbonyl (C=O) groups excluding carboxylic acids is 10. The Labute approximate surface area is 437 Å². The summed E-state index contributed by atoms with van der Waals surface area (Å²) in [5.74, 6) is -5.36. The first kappa shape index (κ1) is 62.8. The Kier molecular flexibility index (Phi) is 23.7. The fraction of sp³-hybridized carbons (Fsp3) is 0.800. The van der Waals surface area contributed by atoms with Crippen LogP contribution in [0.3, 0.4) is 0 Å². The summed E-state index contributed by atoms with van der Waals surface area (Å²) >= 11 is 0. The van der Waals surface area contributed by atoms with Gasteiger partial charge in [0.2, 0.25) is 41.4 Å². The number of nitrogens with zero attached hydrogens (tertiary/aromatic N) is 7. The third-order valence-electron chi connectivity index (χ3n) is 14.5. The highest BCUT2D eigenvalue weighted by molar-refractivity contribution is 6.03. The Hall–Kier alpha value is -5.46. The number of hydrogen-bond acceptors (Lipinski definition) is 14. The van der Waals surface area contributed by atoms with Crippen molar-refractivity contribution in [1.82, 2.24) is 60.9 Å². The number of amides is 12. The van der Waals surface area contributed by atoms with Crippen molar-refractivity contribution >= 4 is 59.3 Å². The minimum absolute atomic E-state index is 0.0118. The molecular formula is C50H88N12O12. The number of carbonyl (C=O) groups is 10. The lowest BCUT2D eigenvalue weighted by Gasteiger charge is -2.39. The van der Waals surface area contributed by atoms with E-state index in [1.807, 2.05) is 27.7 Å². The number of imide groups is 2. The van der Waals surface area contributed by atoms with Gasteiger partial charge in [-0.15, -0.1) is 0 Å². The lowest BCUT2D eigenvalue weighted by atomic mass is 9.98. The van der Waals surface area contributed by atoms with E-state index in [9.17, 15) is 53.1 Å². The Bertz CT molecular complexity index is 2020. The Morgan fingerprint density at radius 1 is 0.797 bits per heavy atom. The molecule has 3 saturated heterocycles. The van der Waals surface area contributed by atoms with Crippen LogP contribution >= 0.6 is 0 Å². The van der Waals surface area contributed by atoms with Crippen LogP contribution in [-0.4, -0.2) is 234 Å². The van der Waals surface area contributed by atoms with E-state index in [0.717, 1.165) is 4.90 Å². The molecule has 0 aliphatic carbocycles. The maximum atomic E-state index is 14.8. The van der Waals surface area contributed by atoms with E-state index < -0.39 is 120 Å². The molecule has 6 N–H and O–H groups in total. The molecule has 3 aliphatic heterocycles. The van der Waals surface area contributed by atoms with Gasteiger partial charge in [0.15, 0.2) is 0 Å². The highest BCUT2D eigenvalue weighted by atomic mass is 16.5. The van der Waals surface area contributed by atoms with E-state index >= 15 is 0 Å². The maximum Gasteiger partial charge on any atom is 0.324 e. The molecule has 0 radical (unpaired) electrons. The summed E-state index contributed by atoms with van der Waals surface area (Å²) in [5, 5.41) is 22.9. The van der Waals surface area contributed by atoms with Gasteiger partial charge in [0, 0.05) is 68.5 Å². The fourth-order valence-electron chi connectivity index (χ4n) is 9.87. The van der Waals surface area contributed by atoms with Crippen LogP contribution in [0.25, 0.3) is 0 Å². The molecule has 0 aromatic heterocycles. The average molecular weight is 1050 g/mol.